The van der Waals surface area contributed by atoms with Crippen molar-refractivity contribution < 1.29 is 32.6 Å². The summed E-state index contributed by atoms with van der Waals surface area (Å²) < 4.78 is 37.7. The highest BCUT2D eigenvalue weighted by Crippen LogP contribution is 2.35. The number of aromatic amines is 1. The number of methoxy groups -OCH3 is 2. The maximum atomic E-state index is 14.6. The summed E-state index contributed by atoms with van der Waals surface area (Å²) in [5.74, 6) is -2.66. The zero-order valence-corrected chi connectivity index (χ0v) is 17.0. The Labute approximate surface area is 176 Å². The van der Waals surface area contributed by atoms with Gasteiger partial charge in [-0.25, -0.2) is 23.4 Å². The average Bonchev–Trinajstić information content (AvgIpc) is 3.25. The number of rotatable bonds is 6. The number of ether oxygens (including phenoxy) is 2. The lowest BCUT2D eigenvalue weighted by Crippen LogP contribution is -2.51. The number of carbonyl (C=O) groups is 3. The van der Waals surface area contributed by atoms with E-state index in [2.05, 4.69) is 20.0 Å². The number of esters is 2. The first-order valence-electron chi connectivity index (χ1n) is 9.54. The molecule has 166 valence electrons. The number of imidazole rings is 1. The van der Waals surface area contributed by atoms with Gasteiger partial charge in [0.15, 0.2) is 0 Å². The molecule has 0 bridgehead atoms. The third-order valence-corrected chi connectivity index (χ3v) is 5.09. The Balaban J connectivity index is 1.89. The predicted octanol–water partition coefficient (Wildman–Crippen LogP) is 1.84. The fraction of sp³-hybridized carbons (Fsp3) is 0.400. The van der Waals surface area contributed by atoms with E-state index >= 15 is 0 Å². The van der Waals surface area contributed by atoms with Crippen LogP contribution in [0.4, 0.5) is 13.6 Å². The van der Waals surface area contributed by atoms with Gasteiger partial charge >= 0.3 is 18.0 Å². The number of H-pyrrole nitrogens is 1. The minimum Gasteiger partial charge on any atom is -0.469 e. The van der Waals surface area contributed by atoms with E-state index in [-0.39, 0.29) is 24.9 Å². The van der Waals surface area contributed by atoms with Gasteiger partial charge in [-0.05, 0) is 24.6 Å². The molecule has 2 N–H and O–H groups in total. The minimum absolute atomic E-state index is 0.0500. The first kappa shape index (κ1) is 22.2. The summed E-state index contributed by atoms with van der Waals surface area (Å²) in [6, 6.07) is 0.133. The zero-order valence-electron chi connectivity index (χ0n) is 17.0. The second kappa shape index (κ2) is 9.54. The molecule has 0 spiro atoms. The number of fused-ring (bicyclic) bond motifs is 1. The Hall–Kier alpha value is -3.50. The molecule has 0 unspecified atom stereocenters. The number of hydrogen-bond donors (Lipinski definition) is 2. The van der Waals surface area contributed by atoms with Crippen molar-refractivity contribution in [2.75, 3.05) is 20.8 Å². The quantitative estimate of drug-likeness (QED) is 0.668. The molecule has 0 aliphatic carbocycles. The minimum atomic E-state index is -1.13. The maximum Gasteiger partial charge on any atom is 0.328 e. The van der Waals surface area contributed by atoms with Gasteiger partial charge in [0.1, 0.15) is 23.7 Å². The lowest BCUT2D eigenvalue weighted by molar-refractivity contribution is -0.144. The Morgan fingerprint density at radius 1 is 1.29 bits per heavy atom. The van der Waals surface area contributed by atoms with Crippen LogP contribution in [0.1, 0.15) is 35.8 Å². The summed E-state index contributed by atoms with van der Waals surface area (Å²) >= 11 is 0. The van der Waals surface area contributed by atoms with Gasteiger partial charge < -0.3 is 24.7 Å². The third-order valence-electron chi connectivity index (χ3n) is 5.09. The van der Waals surface area contributed by atoms with Crippen LogP contribution in [0.25, 0.3) is 0 Å². The monoisotopic (exact) mass is 436 g/mol. The molecule has 0 radical (unpaired) electrons. The van der Waals surface area contributed by atoms with Crippen LogP contribution >= 0.6 is 0 Å². The highest BCUT2D eigenvalue weighted by atomic mass is 19.1. The first-order chi connectivity index (χ1) is 14.8. The second-order valence-electron chi connectivity index (χ2n) is 6.92. The summed E-state index contributed by atoms with van der Waals surface area (Å²) in [5, 5.41) is 2.52. The van der Waals surface area contributed by atoms with E-state index in [9.17, 15) is 23.2 Å². The molecule has 0 fully saturated rings. The highest BCUT2D eigenvalue weighted by molar-refractivity contribution is 5.84. The molecule has 1 aromatic carbocycles. The SMILES string of the molecule is COC(=O)CC[C@@H](NC(=O)N1CCc2[nH]cnc2[C@@H]1c1cc(F)ccc1F)C(=O)OC. The Kier molecular flexibility index (Phi) is 6.83. The van der Waals surface area contributed by atoms with Crippen molar-refractivity contribution in [3.8, 4) is 0 Å². The van der Waals surface area contributed by atoms with E-state index in [0.717, 1.165) is 25.3 Å². The van der Waals surface area contributed by atoms with Crippen molar-refractivity contribution in [2.45, 2.75) is 31.3 Å². The van der Waals surface area contributed by atoms with Crippen molar-refractivity contribution in [3.05, 3.63) is 53.1 Å². The molecule has 3 rings (SSSR count). The second-order valence-corrected chi connectivity index (χ2v) is 6.92. The van der Waals surface area contributed by atoms with Crippen LogP contribution in [-0.2, 0) is 25.5 Å². The van der Waals surface area contributed by atoms with E-state index in [4.69, 9.17) is 4.74 Å². The molecule has 2 heterocycles. The number of nitrogens with zero attached hydrogens (tertiary/aromatic N) is 2. The van der Waals surface area contributed by atoms with E-state index in [1.165, 1.54) is 18.3 Å². The van der Waals surface area contributed by atoms with E-state index in [0.29, 0.717) is 17.8 Å². The van der Waals surface area contributed by atoms with Crippen molar-refractivity contribution >= 4 is 18.0 Å². The van der Waals surface area contributed by atoms with Crippen LogP contribution in [0.2, 0.25) is 0 Å². The van der Waals surface area contributed by atoms with Crippen LogP contribution in [-0.4, -0.2) is 59.6 Å². The summed E-state index contributed by atoms with van der Waals surface area (Å²) in [6.07, 6.45) is 1.65. The molecule has 1 aliphatic rings. The molecule has 0 saturated carbocycles. The molecule has 2 aromatic rings. The number of nitrogens with one attached hydrogen (secondary N) is 2. The largest absolute Gasteiger partial charge is 0.469 e. The van der Waals surface area contributed by atoms with Gasteiger partial charge in [0.05, 0.1) is 26.2 Å². The molecular formula is C20H22F2N4O5. The summed E-state index contributed by atoms with van der Waals surface area (Å²) in [6.45, 7) is 0.159. The Bertz CT molecular complexity index is 980. The maximum absolute atomic E-state index is 14.6. The van der Waals surface area contributed by atoms with Crippen molar-refractivity contribution in [3.63, 3.8) is 0 Å². The fourth-order valence-electron chi connectivity index (χ4n) is 3.52. The Morgan fingerprint density at radius 3 is 2.77 bits per heavy atom. The number of hydrogen-bond acceptors (Lipinski definition) is 6. The highest BCUT2D eigenvalue weighted by Gasteiger charge is 2.37. The molecule has 0 saturated heterocycles. The molecule has 2 atom stereocenters. The third kappa shape index (κ3) is 4.81. The van der Waals surface area contributed by atoms with Gasteiger partial charge in [-0.2, -0.15) is 0 Å². The van der Waals surface area contributed by atoms with E-state index < -0.39 is 41.7 Å². The van der Waals surface area contributed by atoms with E-state index in [1.54, 1.807) is 0 Å². The number of urea groups is 1. The van der Waals surface area contributed by atoms with E-state index in [1.807, 2.05) is 0 Å². The first-order valence-corrected chi connectivity index (χ1v) is 9.54. The lowest BCUT2D eigenvalue weighted by atomic mass is 9.95. The molecular weight excluding hydrogens is 414 g/mol. The van der Waals surface area contributed by atoms with Gasteiger partial charge in [0.25, 0.3) is 0 Å². The van der Waals surface area contributed by atoms with Gasteiger partial charge in [-0.15, -0.1) is 0 Å². The van der Waals surface area contributed by atoms with Gasteiger partial charge in [0.2, 0.25) is 0 Å². The Morgan fingerprint density at radius 2 is 2.06 bits per heavy atom. The van der Waals surface area contributed by atoms with Gasteiger partial charge in [-0.1, -0.05) is 0 Å². The summed E-state index contributed by atoms with van der Waals surface area (Å²) in [7, 11) is 2.36. The molecule has 2 amide bonds. The summed E-state index contributed by atoms with van der Waals surface area (Å²) in [5.41, 5.74) is 1.02. The van der Waals surface area contributed by atoms with Crippen molar-refractivity contribution in [2.24, 2.45) is 0 Å². The molecule has 1 aromatic heterocycles. The van der Waals surface area contributed by atoms with Crippen LogP contribution < -0.4 is 5.32 Å². The van der Waals surface area contributed by atoms with Crippen molar-refractivity contribution in [1.82, 2.24) is 20.2 Å². The lowest BCUT2D eigenvalue weighted by Gasteiger charge is -2.36. The van der Waals surface area contributed by atoms with Crippen LogP contribution in [0.15, 0.2) is 24.5 Å². The molecule has 9 nitrogen and oxygen atoms in total. The molecule has 1 aliphatic heterocycles. The topological polar surface area (TPSA) is 114 Å². The predicted molar refractivity (Wildman–Crippen MR) is 103 cm³/mol. The average molecular weight is 436 g/mol. The van der Waals surface area contributed by atoms with Gasteiger partial charge in [-0.3, -0.25) is 4.79 Å². The number of amides is 2. The number of halogens is 2. The zero-order chi connectivity index (χ0) is 22.5. The molecule has 11 heteroatoms. The number of aromatic nitrogens is 2. The smallest absolute Gasteiger partial charge is 0.328 e. The number of benzene rings is 1. The standard InChI is InChI=1S/C20H22F2N4O5/c1-30-16(27)6-5-15(19(28)31-2)25-20(29)26-8-7-14-17(24-10-23-14)18(26)12-9-11(21)3-4-13(12)22/h3-4,9-10,15,18H,5-8H2,1-2H3,(H,23,24)(H,25,29)/t15-,18+/m1/s1. The van der Waals surface area contributed by atoms with Crippen LogP contribution in [0.3, 0.4) is 0 Å². The van der Waals surface area contributed by atoms with Crippen LogP contribution in [0, 0.1) is 11.6 Å². The fourth-order valence-corrected chi connectivity index (χ4v) is 3.52. The number of carbonyl (C=O) groups excluding carboxylic acids is 3. The van der Waals surface area contributed by atoms with Gasteiger partial charge in [0, 0.05) is 30.6 Å². The van der Waals surface area contributed by atoms with Crippen molar-refractivity contribution in [1.29, 1.82) is 0 Å². The van der Waals surface area contributed by atoms with Crippen LogP contribution in [0.5, 0.6) is 0 Å². The molecule has 31 heavy (non-hydrogen) atoms. The normalized spacial score (nSPS) is 16.3. The summed E-state index contributed by atoms with van der Waals surface area (Å²) in [4.78, 5) is 45.1.